The van der Waals surface area contributed by atoms with E-state index in [1.165, 1.54) is 0 Å². The smallest absolute Gasteiger partial charge is 0.321 e. The second-order valence-corrected chi connectivity index (χ2v) is 2.83. The molecule has 0 saturated carbocycles. The molecule has 0 aliphatic carbocycles. The number of furan rings is 1. The third-order valence-electron chi connectivity index (χ3n) is 1.69. The van der Waals surface area contributed by atoms with Crippen LogP contribution in [0.3, 0.4) is 0 Å². The van der Waals surface area contributed by atoms with Crippen LogP contribution in [0.15, 0.2) is 27.3 Å². The van der Waals surface area contributed by atoms with Crippen LogP contribution in [0.2, 0.25) is 0 Å². The maximum absolute atomic E-state index is 5.12. The van der Waals surface area contributed by atoms with E-state index in [2.05, 4.69) is 22.4 Å². The van der Waals surface area contributed by atoms with Crippen molar-refractivity contribution in [3.8, 4) is 11.6 Å². The molecule has 0 spiro atoms. The van der Waals surface area contributed by atoms with E-state index in [4.69, 9.17) is 8.94 Å². The summed E-state index contributed by atoms with van der Waals surface area (Å²) in [6.07, 6.45) is 2.59. The lowest BCUT2D eigenvalue weighted by Crippen LogP contribution is -1.99. The average molecular weight is 193 g/mol. The van der Waals surface area contributed by atoms with Crippen molar-refractivity contribution in [1.82, 2.24) is 10.1 Å². The highest BCUT2D eigenvalue weighted by Crippen LogP contribution is 2.17. The topological polar surface area (TPSA) is 64.1 Å². The van der Waals surface area contributed by atoms with Gasteiger partial charge in [0.1, 0.15) is 0 Å². The van der Waals surface area contributed by atoms with Gasteiger partial charge >= 0.3 is 6.01 Å². The number of hydrogen-bond acceptors (Lipinski definition) is 5. The van der Waals surface area contributed by atoms with Crippen molar-refractivity contribution >= 4 is 6.01 Å². The van der Waals surface area contributed by atoms with E-state index in [0.717, 1.165) is 13.0 Å². The van der Waals surface area contributed by atoms with Crippen molar-refractivity contribution < 1.29 is 8.94 Å². The molecule has 2 heterocycles. The average Bonchev–Trinajstić information content (AvgIpc) is 2.85. The lowest BCUT2D eigenvalue weighted by Gasteiger charge is -1.93. The largest absolute Gasteiger partial charge is 0.461 e. The maximum atomic E-state index is 5.12. The van der Waals surface area contributed by atoms with Crippen LogP contribution in [0, 0.1) is 0 Å². The van der Waals surface area contributed by atoms with Gasteiger partial charge in [-0.1, -0.05) is 12.1 Å². The summed E-state index contributed by atoms with van der Waals surface area (Å²) in [6.45, 7) is 2.89. The Labute approximate surface area is 81.1 Å². The zero-order valence-electron chi connectivity index (χ0n) is 7.86. The minimum Gasteiger partial charge on any atom is -0.461 e. The van der Waals surface area contributed by atoms with Gasteiger partial charge in [0.25, 0.3) is 0 Å². The third-order valence-corrected chi connectivity index (χ3v) is 1.69. The molecule has 0 atom stereocenters. The molecule has 0 unspecified atom stereocenters. The molecule has 14 heavy (non-hydrogen) atoms. The summed E-state index contributed by atoms with van der Waals surface area (Å²) in [7, 11) is 0. The first-order valence-corrected chi connectivity index (χ1v) is 4.51. The minimum absolute atomic E-state index is 0.429. The van der Waals surface area contributed by atoms with Crippen LogP contribution in [0.1, 0.15) is 13.3 Å². The van der Waals surface area contributed by atoms with Gasteiger partial charge in [0.05, 0.1) is 6.26 Å². The summed E-state index contributed by atoms with van der Waals surface area (Å²) < 4.78 is 10.1. The van der Waals surface area contributed by atoms with Crippen LogP contribution in [-0.2, 0) is 0 Å². The van der Waals surface area contributed by atoms with Gasteiger partial charge in [-0.05, 0) is 18.6 Å². The summed E-state index contributed by atoms with van der Waals surface area (Å²) >= 11 is 0. The molecule has 1 N–H and O–H groups in total. The molecule has 0 fully saturated rings. The predicted octanol–water partition coefficient (Wildman–Crippen LogP) is 2.15. The monoisotopic (exact) mass is 193 g/mol. The molecule has 0 aliphatic rings. The summed E-state index contributed by atoms with van der Waals surface area (Å²) in [4.78, 5) is 4.11. The zero-order valence-corrected chi connectivity index (χ0v) is 7.86. The number of rotatable bonds is 4. The van der Waals surface area contributed by atoms with Crippen LogP contribution >= 0.6 is 0 Å². The Kier molecular flexibility index (Phi) is 2.48. The van der Waals surface area contributed by atoms with Crippen LogP contribution in [0.4, 0.5) is 6.01 Å². The number of hydrogen-bond donors (Lipinski definition) is 1. The number of nitrogens with one attached hydrogen (secondary N) is 1. The summed E-state index contributed by atoms with van der Waals surface area (Å²) in [5, 5.41) is 6.76. The first kappa shape index (κ1) is 8.80. The molecule has 0 saturated heterocycles. The molecule has 74 valence electrons. The lowest BCUT2D eigenvalue weighted by atomic mass is 10.4. The fourth-order valence-corrected chi connectivity index (χ4v) is 1.03. The highest BCUT2D eigenvalue weighted by molar-refractivity contribution is 5.46. The molecule has 0 aromatic carbocycles. The van der Waals surface area contributed by atoms with E-state index in [-0.39, 0.29) is 0 Å². The van der Waals surface area contributed by atoms with Crippen LogP contribution in [0.25, 0.3) is 11.6 Å². The second kappa shape index (κ2) is 3.95. The van der Waals surface area contributed by atoms with Crippen molar-refractivity contribution in [2.24, 2.45) is 0 Å². The van der Waals surface area contributed by atoms with E-state index in [9.17, 15) is 0 Å². The number of nitrogens with zero attached hydrogens (tertiary/aromatic N) is 2. The molecule has 0 bridgehead atoms. The standard InChI is InChI=1S/C9H11N3O2/c1-2-5-10-9-11-8(12-14-9)7-4-3-6-13-7/h3-4,6H,2,5H2,1H3,(H,10,11,12). The molecule has 5 heteroatoms. The quantitative estimate of drug-likeness (QED) is 0.805. The van der Waals surface area contributed by atoms with Crippen LogP contribution in [0.5, 0.6) is 0 Å². The Balaban J connectivity index is 2.10. The van der Waals surface area contributed by atoms with Crippen molar-refractivity contribution in [3.05, 3.63) is 18.4 Å². The molecule has 2 aromatic heterocycles. The minimum atomic E-state index is 0.429. The highest BCUT2D eigenvalue weighted by atomic mass is 16.5. The lowest BCUT2D eigenvalue weighted by molar-refractivity contribution is 0.429. The van der Waals surface area contributed by atoms with Gasteiger partial charge in [0.2, 0.25) is 5.82 Å². The maximum Gasteiger partial charge on any atom is 0.321 e. The van der Waals surface area contributed by atoms with E-state index in [1.54, 1.807) is 18.4 Å². The fraction of sp³-hybridized carbons (Fsp3) is 0.333. The van der Waals surface area contributed by atoms with E-state index in [0.29, 0.717) is 17.6 Å². The normalized spacial score (nSPS) is 10.4. The SMILES string of the molecule is CCCNc1nc(-c2ccco2)no1. The predicted molar refractivity (Wildman–Crippen MR) is 50.8 cm³/mol. The first-order valence-electron chi connectivity index (χ1n) is 4.51. The Morgan fingerprint density at radius 2 is 2.43 bits per heavy atom. The van der Waals surface area contributed by atoms with Gasteiger partial charge in [-0.15, -0.1) is 0 Å². The fourth-order valence-electron chi connectivity index (χ4n) is 1.03. The molecule has 0 aliphatic heterocycles. The van der Waals surface area contributed by atoms with Crippen LogP contribution < -0.4 is 5.32 Å². The van der Waals surface area contributed by atoms with Crippen molar-refractivity contribution in [1.29, 1.82) is 0 Å². The van der Waals surface area contributed by atoms with Gasteiger partial charge in [-0.25, -0.2) is 0 Å². The third kappa shape index (κ3) is 1.76. The number of aromatic nitrogens is 2. The van der Waals surface area contributed by atoms with Gasteiger partial charge in [0.15, 0.2) is 5.76 Å². The first-order chi connectivity index (χ1) is 6.90. The Hall–Kier alpha value is -1.78. The van der Waals surface area contributed by atoms with Crippen LogP contribution in [-0.4, -0.2) is 16.7 Å². The van der Waals surface area contributed by atoms with Gasteiger partial charge in [-0.3, -0.25) is 0 Å². The summed E-state index contributed by atoms with van der Waals surface area (Å²) in [5.74, 6) is 1.08. The van der Waals surface area contributed by atoms with E-state index >= 15 is 0 Å². The van der Waals surface area contributed by atoms with E-state index in [1.807, 2.05) is 0 Å². The molecular weight excluding hydrogens is 182 g/mol. The Morgan fingerprint density at radius 3 is 3.14 bits per heavy atom. The molecule has 5 nitrogen and oxygen atoms in total. The molecule has 0 radical (unpaired) electrons. The summed E-state index contributed by atoms with van der Waals surface area (Å²) in [5.41, 5.74) is 0. The Bertz CT molecular complexity index is 380. The van der Waals surface area contributed by atoms with Gasteiger partial charge < -0.3 is 14.3 Å². The Morgan fingerprint density at radius 1 is 1.50 bits per heavy atom. The van der Waals surface area contributed by atoms with E-state index < -0.39 is 0 Å². The van der Waals surface area contributed by atoms with Gasteiger partial charge in [-0.2, -0.15) is 4.98 Å². The van der Waals surface area contributed by atoms with Crippen molar-refractivity contribution in [2.75, 3.05) is 11.9 Å². The zero-order chi connectivity index (χ0) is 9.80. The molecule has 2 rings (SSSR count). The highest BCUT2D eigenvalue weighted by Gasteiger charge is 2.09. The van der Waals surface area contributed by atoms with Gasteiger partial charge in [0, 0.05) is 6.54 Å². The molecule has 2 aromatic rings. The molecular formula is C9H11N3O2. The van der Waals surface area contributed by atoms with Crippen molar-refractivity contribution in [2.45, 2.75) is 13.3 Å². The molecule has 0 amide bonds. The number of anilines is 1. The van der Waals surface area contributed by atoms with Crippen molar-refractivity contribution in [3.63, 3.8) is 0 Å². The summed E-state index contributed by atoms with van der Waals surface area (Å²) in [6, 6.07) is 4.00. The second-order valence-electron chi connectivity index (χ2n) is 2.83.